The molecule has 0 aromatic rings. The Bertz CT molecular complexity index is 286. The van der Waals surface area contributed by atoms with E-state index in [-0.39, 0.29) is 24.3 Å². The van der Waals surface area contributed by atoms with Crippen LogP contribution < -0.4 is 5.32 Å². The first kappa shape index (κ1) is 10.5. The molecule has 0 aliphatic heterocycles. The Morgan fingerprint density at radius 1 is 1.47 bits per heavy atom. The van der Waals surface area contributed by atoms with Gasteiger partial charge in [-0.1, -0.05) is 6.92 Å². The second kappa shape index (κ2) is 3.83. The van der Waals surface area contributed by atoms with Crippen LogP contribution in [-0.4, -0.2) is 23.0 Å². The van der Waals surface area contributed by atoms with Crippen molar-refractivity contribution in [2.24, 2.45) is 17.8 Å². The molecule has 2 rings (SSSR count). The smallest absolute Gasteiger partial charge is 0.305 e. The van der Waals surface area contributed by atoms with Gasteiger partial charge in [0.1, 0.15) is 0 Å². The van der Waals surface area contributed by atoms with E-state index in [0.29, 0.717) is 11.8 Å². The first-order valence-corrected chi connectivity index (χ1v) is 5.60. The first-order valence-electron chi connectivity index (χ1n) is 5.60. The minimum atomic E-state index is -0.823. The number of carbonyl (C=O) groups excluding carboxylic acids is 1. The third-order valence-electron chi connectivity index (χ3n) is 3.36. The average Bonchev–Trinajstić information content (AvgIpc) is 2.94. The minimum absolute atomic E-state index is 0.0562. The van der Waals surface area contributed by atoms with E-state index in [0.717, 1.165) is 19.3 Å². The molecule has 1 amide bonds. The van der Waals surface area contributed by atoms with Gasteiger partial charge in [-0.25, -0.2) is 0 Å². The van der Waals surface area contributed by atoms with Gasteiger partial charge >= 0.3 is 5.97 Å². The number of amides is 1. The molecule has 15 heavy (non-hydrogen) atoms. The van der Waals surface area contributed by atoms with Crippen LogP contribution in [0.1, 0.15) is 32.6 Å². The van der Waals surface area contributed by atoms with Gasteiger partial charge in [-0.15, -0.1) is 0 Å². The maximum atomic E-state index is 11.6. The number of hydrogen-bond donors (Lipinski definition) is 2. The van der Waals surface area contributed by atoms with Crippen LogP contribution in [0.3, 0.4) is 0 Å². The number of hydrogen-bond acceptors (Lipinski definition) is 2. The SMILES string of the molecule is CC1CC1C(=O)NC(CC(=O)O)C1CC1. The molecule has 0 saturated heterocycles. The summed E-state index contributed by atoms with van der Waals surface area (Å²) in [4.78, 5) is 22.3. The van der Waals surface area contributed by atoms with Crippen LogP contribution in [0.2, 0.25) is 0 Å². The zero-order valence-corrected chi connectivity index (χ0v) is 8.90. The monoisotopic (exact) mass is 211 g/mol. The molecule has 84 valence electrons. The summed E-state index contributed by atoms with van der Waals surface area (Å²) < 4.78 is 0. The first-order chi connectivity index (χ1) is 7.08. The fraction of sp³-hybridized carbons (Fsp3) is 0.818. The molecule has 2 saturated carbocycles. The molecule has 2 aliphatic rings. The van der Waals surface area contributed by atoms with E-state index < -0.39 is 5.97 Å². The highest BCUT2D eigenvalue weighted by Crippen LogP contribution is 2.39. The summed E-state index contributed by atoms with van der Waals surface area (Å²) in [6.45, 7) is 2.05. The standard InChI is InChI=1S/C11H17NO3/c1-6-4-8(6)11(15)12-9(5-10(13)14)7-2-3-7/h6-9H,2-5H2,1H3,(H,12,15)(H,13,14). The molecule has 3 unspecified atom stereocenters. The zero-order chi connectivity index (χ0) is 11.0. The average molecular weight is 211 g/mol. The molecule has 0 radical (unpaired) electrons. The Kier molecular flexibility index (Phi) is 2.67. The quantitative estimate of drug-likeness (QED) is 0.713. The van der Waals surface area contributed by atoms with Gasteiger partial charge in [0.15, 0.2) is 0 Å². The second-order valence-corrected chi connectivity index (χ2v) is 4.87. The molecule has 2 aliphatic carbocycles. The van der Waals surface area contributed by atoms with E-state index in [9.17, 15) is 9.59 Å². The Morgan fingerprint density at radius 2 is 2.07 bits per heavy atom. The van der Waals surface area contributed by atoms with E-state index in [2.05, 4.69) is 5.32 Å². The van der Waals surface area contributed by atoms with Gasteiger partial charge in [0.25, 0.3) is 0 Å². The van der Waals surface area contributed by atoms with E-state index in [1.165, 1.54) is 0 Å². The number of aliphatic carboxylic acids is 1. The van der Waals surface area contributed by atoms with Gasteiger partial charge in [0.05, 0.1) is 6.42 Å². The molecular weight excluding hydrogens is 194 g/mol. The van der Waals surface area contributed by atoms with E-state index >= 15 is 0 Å². The van der Waals surface area contributed by atoms with Crippen LogP contribution in [0.5, 0.6) is 0 Å². The summed E-state index contributed by atoms with van der Waals surface area (Å²) >= 11 is 0. The molecule has 4 heteroatoms. The lowest BCUT2D eigenvalue weighted by Crippen LogP contribution is -2.39. The molecule has 4 nitrogen and oxygen atoms in total. The number of carbonyl (C=O) groups is 2. The zero-order valence-electron chi connectivity index (χ0n) is 8.90. The Hall–Kier alpha value is -1.06. The van der Waals surface area contributed by atoms with Crippen LogP contribution in [0.25, 0.3) is 0 Å². The highest BCUT2D eigenvalue weighted by molar-refractivity contribution is 5.82. The van der Waals surface area contributed by atoms with Crippen molar-refractivity contribution in [1.82, 2.24) is 5.32 Å². The number of nitrogens with one attached hydrogen (secondary N) is 1. The molecular formula is C11H17NO3. The van der Waals surface area contributed by atoms with Crippen molar-refractivity contribution in [3.05, 3.63) is 0 Å². The molecule has 0 aromatic carbocycles. The van der Waals surface area contributed by atoms with E-state index in [1.54, 1.807) is 0 Å². The largest absolute Gasteiger partial charge is 0.481 e. The predicted octanol–water partition coefficient (Wildman–Crippen LogP) is 1.01. The second-order valence-electron chi connectivity index (χ2n) is 4.87. The normalized spacial score (nSPS) is 30.7. The Morgan fingerprint density at radius 3 is 2.47 bits per heavy atom. The van der Waals surface area contributed by atoms with Crippen LogP contribution in [0, 0.1) is 17.8 Å². The minimum Gasteiger partial charge on any atom is -0.481 e. The van der Waals surface area contributed by atoms with Crippen LogP contribution in [0.4, 0.5) is 0 Å². The number of rotatable bonds is 5. The molecule has 3 atom stereocenters. The van der Waals surface area contributed by atoms with Crippen LogP contribution >= 0.6 is 0 Å². The summed E-state index contributed by atoms with van der Waals surface area (Å²) in [6, 6.07) is -0.136. The lowest BCUT2D eigenvalue weighted by Gasteiger charge is -2.15. The molecule has 0 spiro atoms. The summed E-state index contributed by atoms with van der Waals surface area (Å²) in [5, 5.41) is 11.6. The van der Waals surface area contributed by atoms with Gasteiger partial charge < -0.3 is 10.4 Å². The van der Waals surface area contributed by atoms with Crippen molar-refractivity contribution >= 4 is 11.9 Å². The summed E-state index contributed by atoms with van der Waals surface area (Å²) in [5.41, 5.74) is 0. The molecule has 0 aromatic heterocycles. The lowest BCUT2D eigenvalue weighted by atomic mass is 10.1. The fourth-order valence-electron chi connectivity index (χ4n) is 2.00. The lowest BCUT2D eigenvalue weighted by molar-refractivity contribution is -0.138. The Labute approximate surface area is 89.0 Å². The van der Waals surface area contributed by atoms with Crippen molar-refractivity contribution in [2.45, 2.75) is 38.6 Å². The van der Waals surface area contributed by atoms with Gasteiger partial charge in [0.2, 0.25) is 5.91 Å². The number of carboxylic acids is 1. The molecule has 2 fully saturated rings. The van der Waals surface area contributed by atoms with Crippen molar-refractivity contribution in [3.63, 3.8) is 0 Å². The van der Waals surface area contributed by atoms with Crippen molar-refractivity contribution in [3.8, 4) is 0 Å². The van der Waals surface area contributed by atoms with Gasteiger partial charge in [0, 0.05) is 12.0 Å². The molecule has 0 heterocycles. The summed E-state index contributed by atoms with van der Waals surface area (Å²) in [5.74, 6) is 0.255. The van der Waals surface area contributed by atoms with Crippen molar-refractivity contribution in [1.29, 1.82) is 0 Å². The highest BCUT2D eigenvalue weighted by Gasteiger charge is 2.42. The maximum Gasteiger partial charge on any atom is 0.305 e. The van der Waals surface area contributed by atoms with Gasteiger partial charge in [-0.3, -0.25) is 9.59 Å². The van der Waals surface area contributed by atoms with Crippen molar-refractivity contribution < 1.29 is 14.7 Å². The van der Waals surface area contributed by atoms with Crippen LogP contribution in [-0.2, 0) is 9.59 Å². The maximum absolute atomic E-state index is 11.6. The third-order valence-corrected chi connectivity index (χ3v) is 3.36. The third kappa shape index (κ3) is 2.70. The van der Waals surface area contributed by atoms with Crippen LogP contribution in [0.15, 0.2) is 0 Å². The highest BCUT2D eigenvalue weighted by atomic mass is 16.4. The van der Waals surface area contributed by atoms with Gasteiger partial charge in [-0.2, -0.15) is 0 Å². The topological polar surface area (TPSA) is 66.4 Å². The molecule has 0 bridgehead atoms. The fourth-order valence-corrected chi connectivity index (χ4v) is 2.00. The van der Waals surface area contributed by atoms with Gasteiger partial charge in [-0.05, 0) is 31.1 Å². The van der Waals surface area contributed by atoms with E-state index in [1.807, 2.05) is 6.92 Å². The summed E-state index contributed by atoms with van der Waals surface area (Å²) in [6.07, 6.45) is 3.13. The Balaban J connectivity index is 1.83. The van der Waals surface area contributed by atoms with Crippen molar-refractivity contribution in [2.75, 3.05) is 0 Å². The molecule has 2 N–H and O–H groups in total. The number of carboxylic acid groups (broad SMARTS) is 1. The van der Waals surface area contributed by atoms with E-state index in [4.69, 9.17) is 5.11 Å². The predicted molar refractivity (Wildman–Crippen MR) is 54.2 cm³/mol. The summed E-state index contributed by atoms with van der Waals surface area (Å²) in [7, 11) is 0.